The van der Waals surface area contributed by atoms with Crippen LogP contribution in [-0.4, -0.2) is 27.7 Å². The number of carbonyl (C=O) groups excluding carboxylic acids is 1. The number of hydrogen-bond acceptors (Lipinski definition) is 5. The Bertz CT molecular complexity index is 804. The molecule has 0 fully saturated rings. The number of rotatable bonds is 6. The summed E-state index contributed by atoms with van der Waals surface area (Å²) in [7, 11) is 0. The van der Waals surface area contributed by atoms with Gasteiger partial charge >= 0.3 is 0 Å². The predicted octanol–water partition coefficient (Wildman–Crippen LogP) is 2.38. The number of nitrogens with zero attached hydrogens (tertiary/aromatic N) is 2. The molecule has 24 heavy (non-hydrogen) atoms. The van der Waals surface area contributed by atoms with E-state index < -0.39 is 0 Å². The topological polar surface area (TPSA) is 93.0 Å². The van der Waals surface area contributed by atoms with Gasteiger partial charge in [-0.05, 0) is 37.1 Å². The number of aryl methyl sites for hydroxylation is 2. The Hall–Kier alpha value is -3.09. The number of ether oxygens (including phenoxy) is 1. The summed E-state index contributed by atoms with van der Waals surface area (Å²) in [5.74, 6) is 2.08. The maximum atomic E-state index is 11.9. The molecule has 0 spiro atoms. The van der Waals surface area contributed by atoms with Gasteiger partial charge in [0.25, 0.3) is 5.91 Å². The third kappa shape index (κ3) is 3.62. The number of nitrogens with one attached hydrogen (secondary N) is 2. The Morgan fingerprint density at radius 3 is 2.75 bits per heavy atom. The fourth-order valence-corrected chi connectivity index (χ4v) is 2.29. The van der Waals surface area contributed by atoms with Crippen LogP contribution >= 0.6 is 0 Å². The molecule has 2 heterocycles. The Balaban J connectivity index is 1.51. The van der Waals surface area contributed by atoms with Gasteiger partial charge in [-0.1, -0.05) is 18.2 Å². The highest BCUT2D eigenvalue weighted by molar-refractivity contribution is 5.77. The molecule has 0 saturated heterocycles. The van der Waals surface area contributed by atoms with Crippen molar-refractivity contribution in [2.24, 2.45) is 0 Å². The van der Waals surface area contributed by atoms with Gasteiger partial charge in [0.05, 0.1) is 12.8 Å². The van der Waals surface area contributed by atoms with Gasteiger partial charge in [-0.2, -0.15) is 0 Å². The SMILES string of the molecule is Cc1cccc(C)c1OCC(=O)NCc1nc(-c2ccco2)n[nH]1. The average Bonchev–Trinajstić information content (AvgIpc) is 3.23. The standard InChI is InChI=1S/C17H18N4O3/c1-11-5-3-6-12(2)16(11)24-10-15(22)18-9-14-19-17(21-20-14)13-7-4-8-23-13/h3-8H,9-10H2,1-2H3,(H,18,22)(H,19,20,21). The average molecular weight is 326 g/mol. The minimum Gasteiger partial charge on any atom is -0.483 e. The van der Waals surface area contributed by atoms with Crippen molar-refractivity contribution in [1.82, 2.24) is 20.5 Å². The predicted molar refractivity (Wildman–Crippen MR) is 87.3 cm³/mol. The summed E-state index contributed by atoms with van der Waals surface area (Å²) in [4.78, 5) is 16.2. The molecule has 0 aliphatic heterocycles. The summed E-state index contributed by atoms with van der Waals surface area (Å²) in [6, 6.07) is 9.38. The van der Waals surface area contributed by atoms with Crippen LogP contribution in [0.2, 0.25) is 0 Å². The summed E-state index contributed by atoms with van der Waals surface area (Å²) in [5.41, 5.74) is 2.00. The molecular weight excluding hydrogens is 308 g/mol. The largest absolute Gasteiger partial charge is 0.483 e. The van der Waals surface area contributed by atoms with Crippen LogP contribution in [0.3, 0.4) is 0 Å². The molecule has 3 rings (SSSR count). The first-order chi connectivity index (χ1) is 11.6. The second-order valence-corrected chi connectivity index (χ2v) is 5.37. The van der Waals surface area contributed by atoms with E-state index in [4.69, 9.17) is 9.15 Å². The van der Waals surface area contributed by atoms with Crippen molar-refractivity contribution >= 4 is 5.91 Å². The number of H-pyrrole nitrogens is 1. The van der Waals surface area contributed by atoms with Gasteiger partial charge in [0, 0.05) is 0 Å². The van der Waals surface area contributed by atoms with E-state index in [0.717, 1.165) is 16.9 Å². The van der Waals surface area contributed by atoms with Crippen molar-refractivity contribution in [3.8, 4) is 17.3 Å². The third-order valence-electron chi connectivity index (χ3n) is 3.48. The van der Waals surface area contributed by atoms with Crippen molar-refractivity contribution in [2.45, 2.75) is 20.4 Å². The number of benzene rings is 1. The van der Waals surface area contributed by atoms with E-state index in [1.807, 2.05) is 32.0 Å². The highest BCUT2D eigenvalue weighted by Crippen LogP contribution is 2.22. The van der Waals surface area contributed by atoms with Crippen LogP contribution in [0, 0.1) is 13.8 Å². The minimum absolute atomic E-state index is 0.0507. The molecule has 0 bridgehead atoms. The lowest BCUT2D eigenvalue weighted by Crippen LogP contribution is -2.29. The zero-order chi connectivity index (χ0) is 16.9. The number of aromatic amines is 1. The van der Waals surface area contributed by atoms with E-state index in [1.54, 1.807) is 18.4 Å². The lowest BCUT2D eigenvalue weighted by molar-refractivity contribution is -0.123. The van der Waals surface area contributed by atoms with Crippen molar-refractivity contribution in [1.29, 1.82) is 0 Å². The van der Waals surface area contributed by atoms with E-state index in [2.05, 4.69) is 20.5 Å². The summed E-state index contributed by atoms with van der Waals surface area (Å²) in [6.07, 6.45) is 1.55. The lowest BCUT2D eigenvalue weighted by Gasteiger charge is -2.11. The molecule has 0 aliphatic carbocycles. The number of hydrogen-bond donors (Lipinski definition) is 2. The molecule has 2 aromatic heterocycles. The van der Waals surface area contributed by atoms with Crippen LogP contribution in [0.25, 0.3) is 11.6 Å². The molecular formula is C17H18N4O3. The molecule has 3 aromatic rings. The second-order valence-electron chi connectivity index (χ2n) is 5.37. The molecule has 0 radical (unpaired) electrons. The fourth-order valence-electron chi connectivity index (χ4n) is 2.29. The van der Waals surface area contributed by atoms with Gasteiger partial charge in [0.15, 0.2) is 12.4 Å². The zero-order valence-corrected chi connectivity index (χ0v) is 13.5. The van der Waals surface area contributed by atoms with Crippen LogP contribution in [0.1, 0.15) is 17.0 Å². The molecule has 2 N–H and O–H groups in total. The van der Waals surface area contributed by atoms with Crippen molar-refractivity contribution in [3.05, 3.63) is 53.5 Å². The van der Waals surface area contributed by atoms with Gasteiger partial charge in [-0.15, -0.1) is 5.10 Å². The van der Waals surface area contributed by atoms with Gasteiger partial charge in [0.1, 0.15) is 11.6 Å². The number of amides is 1. The van der Waals surface area contributed by atoms with Crippen LogP contribution in [0.5, 0.6) is 5.75 Å². The maximum absolute atomic E-state index is 11.9. The van der Waals surface area contributed by atoms with Gasteiger partial charge < -0.3 is 14.5 Å². The molecule has 7 heteroatoms. The monoisotopic (exact) mass is 326 g/mol. The second kappa shape index (κ2) is 6.99. The highest BCUT2D eigenvalue weighted by atomic mass is 16.5. The van der Waals surface area contributed by atoms with Gasteiger partial charge in [-0.25, -0.2) is 4.98 Å². The molecule has 124 valence electrons. The van der Waals surface area contributed by atoms with Crippen molar-refractivity contribution < 1.29 is 13.9 Å². The number of furan rings is 1. The first-order valence-corrected chi connectivity index (χ1v) is 7.54. The normalized spacial score (nSPS) is 10.6. The zero-order valence-electron chi connectivity index (χ0n) is 13.5. The van der Waals surface area contributed by atoms with Crippen LogP contribution < -0.4 is 10.1 Å². The Morgan fingerprint density at radius 2 is 2.04 bits per heavy atom. The van der Waals surface area contributed by atoms with E-state index in [-0.39, 0.29) is 19.1 Å². The first-order valence-electron chi connectivity index (χ1n) is 7.54. The molecule has 0 aliphatic rings. The summed E-state index contributed by atoms with van der Waals surface area (Å²) in [5, 5.41) is 9.54. The number of carbonyl (C=O) groups is 1. The molecule has 0 unspecified atom stereocenters. The van der Waals surface area contributed by atoms with Gasteiger partial charge in [-0.3, -0.25) is 9.89 Å². The molecule has 0 saturated carbocycles. The third-order valence-corrected chi connectivity index (χ3v) is 3.48. The molecule has 1 aromatic carbocycles. The summed E-state index contributed by atoms with van der Waals surface area (Å²) >= 11 is 0. The fraction of sp³-hybridized carbons (Fsp3) is 0.235. The molecule has 7 nitrogen and oxygen atoms in total. The van der Waals surface area contributed by atoms with E-state index in [9.17, 15) is 4.79 Å². The number of para-hydroxylation sites is 1. The molecule has 0 atom stereocenters. The molecule has 1 amide bonds. The van der Waals surface area contributed by atoms with E-state index in [0.29, 0.717) is 17.4 Å². The first kappa shape index (κ1) is 15.8. The summed E-state index contributed by atoms with van der Waals surface area (Å²) in [6.45, 7) is 4.09. The van der Waals surface area contributed by atoms with Gasteiger partial charge in [0.2, 0.25) is 5.82 Å². The van der Waals surface area contributed by atoms with Crippen LogP contribution in [-0.2, 0) is 11.3 Å². The number of aromatic nitrogens is 3. The van der Waals surface area contributed by atoms with Crippen LogP contribution in [0.15, 0.2) is 41.0 Å². The Kier molecular flexibility index (Phi) is 4.60. The van der Waals surface area contributed by atoms with Crippen molar-refractivity contribution in [2.75, 3.05) is 6.61 Å². The lowest BCUT2D eigenvalue weighted by atomic mass is 10.1. The maximum Gasteiger partial charge on any atom is 0.258 e. The van der Waals surface area contributed by atoms with Crippen molar-refractivity contribution in [3.63, 3.8) is 0 Å². The quantitative estimate of drug-likeness (QED) is 0.725. The highest BCUT2D eigenvalue weighted by Gasteiger charge is 2.10. The minimum atomic E-state index is -0.228. The Labute approximate surface area is 139 Å². The van der Waals surface area contributed by atoms with Crippen LogP contribution in [0.4, 0.5) is 0 Å². The Morgan fingerprint density at radius 1 is 1.25 bits per heavy atom. The smallest absolute Gasteiger partial charge is 0.258 e. The van der Waals surface area contributed by atoms with E-state index >= 15 is 0 Å². The summed E-state index contributed by atoms with van der Waals surface area (Å²) < 4.78 is 10.8. The van der Waals surface area contributed by atoms with E-state index in [1.165, 1.54) is 0 Å².